The SMILES string of the molecule is CCCOC(c1cc2nccc(C=O)c2[nH]1)c1ccccc1Cl. The number of carbonyl (C=O) groups excluding carboxylic acids is 1. The highest BCUT2D eigenvalue weighted by Gasteiger charge is 2.20. The van der Waals surface area contributed by atoms with Gasteiger partial charge in [0.1, 0.15) is 6.10 Å². The van der Waals surface area contributed by atoms with Gasteiger partial charge >= 0.3 is 0 Å². The van der Waals surface area contributed by atoms with Gasteiger partial charge in [-0.05, 0) is 24.6 Å². The Labute approximate surface area is 139 Å². The zero-order valence-corrected chi connectivity index (χ0v) is 13.5. The molecule has 0 spiro atoms. The predicted octanol–water partition coefficient (Wildman–Crippen LogP) is 4.54. The minimum atomic E-state index is -0.322. The van der Waals surface area contributed by atoms with E-state index < -0.39 is 0 Å². The van der Waals surface area contributed by atoms with Crippen molar-refractivity contribution in [1.82, 2.24) is 9.97 Å². The van der Waals surface area contributed by atoms with Crippen molar-refractivity contribution in [2.24, 2.45) is 0 Å². The van der Waals surface area contributed by atoms with Gasteiger partial charge in [0.15, 0.2) is 6.29 Å². The van der Waals surface area contributed by atoms with Crippen LogP contribution >= 0.6 is 11.6 Å². The van der Waals surface area contributed by atoms with E-state index in [2.05, 4.69) is 16.9 Å². The van der Waals surface area contributed by atoms with Crippen LogP contribution in [0.5, 0.6) is 0 Å². The number of hydrogen-bond acceptors (Lipinski definition) is 3. The largest absolute Gasteiger partial charge is 0.367 e. The van der Waals surface area contributed by atoms with Crippen LogP contribution in [0, 0.1) is 0 Å². The number of hydrogen-bond donors (Lipinski definition) is 1. The molecule has 1 aromatic carbocycles. The summed E-state index contributed by atoms with van der Waals surface area (Å²) in [5.41, 5.74) is 3.76. The third kappa shape index (κ3) is 3.14. The molecular weight excluding hydrogens is 312 g/mol. The first-order valence-electron chi connectivity index (χ1n) is 7.53. The molecule has 3 aromatic rings. The third-order valence-corrected chi connectivity index (χ3v) is 4.00. The lowest BCUT2D eigenvalue weighted by molar-refractivity contribution is 0.0784. The number of aldehydes is 1. The maximum Gasteiger partial charge on any atom is 0.152 e. The van der Waals surface area contributed by atoms with Crippen molar-refractivity contribution >= 4 is 28.9 Å². The molecule has 0 fully saturated rings. The molecule has 0 saturated heterocycles. The molecule has 4 nitrogen and oxygen atoms in total. The molecule has 118 valence electrons. The Bertz CT molecular complexity index is 829. The molecule has 0 bridgehead atoms. The number of rotatable bonds is 6. The first kappa shape index (κ1) is 15.7. The minimum Gasteiger partial charge on any atom is -0.367 e. The van der Waals surface area contributed by atoms with Gasteiger partial charge in [-0.3, -0.25) is 9.78 Å². The lowest BCUT2D eigenvalue weighted by Crippen LogP contribution is -2.08. The first-order chi connectivity index (χ1) is 11.2. The average Bonchev–Trinajstić information content (AvgIpc) is 3.00. The predicted molar refractivity (Wildman–Crippen MR) is 91.0 cm³/mol. The number of halogens is 1. The molecule has 2 heterocycles. The fourth-order valence-electron chi connectivity index (χ4n) is 2.58. The van der Waals surface area contributed by atoms with Gasteiger partial charge in [0, 0.05) is 29.0 Å². The monoisotopic (exact) mass is 328 g/mol. The minimum absolute atomic E-state index is 0.322. The number of pyridine rings is 1. The van der Waals surface area contributed by atoms with Crippen LogP contribution in [-0.4, -0.2) is 22.9 Å². The van der Waals surface area contributed by atoms with Gasteiger partial charge in [0.2, 0.25) is 0 Å². The van der Waals surface area contributed by atoms with Gasteiger partial charge in [-0.2, -0.15) is 0 Å². The van der Waals surface area contributed by atoms with Gasteiger partial charge in [0.05, 0.1) is 16.7 Å². The van der Waals surface area contributed by atoms with Crippen LogP contribution in [0.2, 0.25) is 5.02 Å². The molecule has 3 rings (SSSR count). The highest BCUT2D eigenvalue weighted by atomic mass is 35.5. The number of nitrogens with one attached hydrogen (secondary N) is 1. The Morgan fingerprint density at radius 1 is 1.35 bits per heavy atom. The van der Waals surface area contributed by atoms with E-state index in [1.54, 1.807) is 12.3 Å². The highest BCUT2D eigenvalue weighted by molar-refractivity contribution is 6.31. The number of carbonyl (C=O) groups is 1. The number of benzene rings is 1. The van der Waals surface area contributed by atoms with Gasteiger partial charge in [-0.1, -0.05) is 36.7 Å². The van der Waals surface area contributed by atoms with E-state index in [0.29, 0.717) is 17.2 Å². The number of fused-ring (bicyclic) bond motifs is 1. The summed E-state index contributed by atoms with van der Waals surface area (Å²) in [7, 11) is 0. The lowest BCUT2D eigenvalue weighted by Gasteiger charge is -2.18. The number of aromatic amines is 1. The fourth-order valence-corrected chi connectivity index (χ4v) is 2.81. The first-order valence-corrected chi connectivity index (χ1v) is 7.91. The Morgan fingerprint density at radius 3 is 2.91 bits per heavy atom. The second-order valence-corrected chi connectivity index (χ2v) is 5.68. The van der Waals surface area contributed by atoms with Crippen molar-refractivity contribution in [3.8, 4) is 0 Å². The van der Waals surface area contributed by atoms with Gasteiger partial charge < -0.3 is 9.72 Å². The molecular formula is C18H17ClN2O2. The molecule has 0 aliphatic carbocycles. The van der Waals surface area contributed by atoms with Crippen molar-refractivity contribution in [2.45, 2.75) is 19.4 Å². The van der Waals surface area contributed by atoms with E-state index in [0.717, 1.165) is 35.0 Å². The van der Waals surface area contributed by atoms with Crippen LogP contribution < -0.4 is 0 Å². The standard InChI is InChI=1S/C18H17ClN2O2/c1-2-9-23-18(13-5-3-4-6-14(13)19)16-10-15-17(21-16)12(11-22)7-8-20-15/h3-8,10-11,18,21H,2,9H2,1H3. The van der Waals surface area contributed by atoms with Crippen LogP contribution in [0.1, 0.15) is 41.1 Å². The van der Waals surface area contributed by atoms with Crippen LogP contribution in [0.4, 0.5) is 0 Å². The molecule has 0 amide bonds. The summed E-state index contributed by atoms with van der Waals surface area (Å²) in [5.74, 6) is 0. The van der Waals surface area contributed by atoms with Crippen molar-refractivity contribution in [2.75, 3.05) is 6.61 Å². The molecule has 23 heavy (non-hydrogen) atoms. The van der Waals surface area contributed by atoms with E-state index >= 15 is 0 Å². The van der Waals surface area contributed by atoms with Crippen LogP contribution in [-0.2, 0) is 4.74 Å². The molecule has 1 N–H and O–H groups in total. The summed E-state index contributed by atoms with van der Waals surface area (Å²) in [4.78, 5) is 18.8. The summed E-state index contributed by atoms with van der Waals surface area (Å²) in [6.45, 7) is 2.67. The van der Waals surface area contributed by atoms with E-state index in [-0.39, 0.29) is 6.10 Å². The molecule has 0 aliphatic rings. The summed E-state index contributed by atoms with van der Waals surface area (Å²) in [6.07, 6.45) is 3.03. The summed E-state index contributed by atoms with van der Waals surface area (Å²) in [6, 6.07) is 11.2. The van der Waals surface area contributed by atoms with Crippen LogP contribution in [0.25, 0.3) is 11.0 Å². The van der Waals surface area contributed by atoms with Crippen LogP contribution in [0.3, 0.4) is 0 Å². The van der Waals surface area contributed by atoms with Gasteiger partial charge in [0.25, 0.3) is 0 Å². The van der Waals surface area contributed by atoms with Gasteiger partial charge in [-0.15, -0.1) is 0 Å². The van der Waals surface area contributed by atoms with Crippen molar-refractivity contribution in [3.05, 3.63) is 64.4 Å². The maximum absolute atomic E-state index is 11.2. The molecule has 5 heteroatoms. The molecule has 0 saturated carbocycles. The summed E-state index contributed by atoms with van der Waals surface area (Å²) in [5, 5.41) is 0.649. The Balaban J connectivity index is 2.10. The van der Waals surface area contributed by atoms with E-state index in [1.807, 2.05) is 30.3 Å². The van der Waals surface area contributed by atoms with Crippen molar-refractivity contribution in [3.63, 3.8) is 0 Å². The van der Waals surface area contributed by atoms with E-state index in [1.165, 1.54) is 0 Å². The fraction of sp³-hybridized carbons (Fsp3) is 0.222. The number of H-pyrrole nitrogens is 1. The second-order valence-electron chi connectivity index (χ2n) is 5.28. The zero-order valence-electron chi connectivity index (χ0n) is 12.8. The molecule has 0 radical (unpaired) electrons. The Morgan fingerprint density at radius 2 is 2.17 bits per heavy atom. The van der Waals surface area contributed by atoms with E-state index in [4.69, 9.17) is 16.3 Å². The highest BCUT2D eigenvalue weighted by Crippen LogP contribution is 2.32. The van der Waals surface area contributed by atoms with E-state index in [9.17, 15) is 4.79 Å². The van der Waals surface area contributed by atoms with Crippen molar-refractivity contribution in [1.29, 1.82) is 0 Å². The second kappa shape index (κ2) is 6.94. The quantitative estimate of drug-likeness (QED) is 0.676. The lowest BCUT2D eigenvalue weighted by atomic mass is 10.1. The number of aromatic nitrogens is 2. The van der Waals surface area contributed by atoms with Crippen LogP contribution in [0.15, 0.2) is 42.6 Å². The number of nitrogens with zero attached hydrogens (tertiary/aromatic N) is 1. The summed E-state index contributed by atoms with van der Waals surface area (Å²) < 4.78 is 6.02. The molecule has 2 aromatic heterocycles. The smallest absolute Gasteiger partial charge is 0.152 e. The molecule has 1 unspecified atom stereocenters. The van der Waals surface area contributed by atoms with Gasteiger partial charge in [-0.25, -0.2) is 0 Å². The van der Waals surface area contributed by atoms with Crippen molar-refractivity contribution < 1.29 is 9.53 Å². The number of ether oxygens (including phenoxy) is 1. The Hall–Kier alpha value is -2.17. The third-order valence-electron chi connectivity index (χ3n) is 3.66. The maximum atomic E-state index is 11.2. The Kier molecular flexibility index (Phi) is 4.74. The zero-order chi connectivity index (χ0) is 16.2. The topological polar surface area (TPSA) is 55.0 Å². The molecule has 0 aliphatic heterocycles. The normalized spacial score (nSPS) is 12.4. The average molecular weight is 329 g/mol. The summed E-state index contributed by atoms with van der Waals surface area (Å²) >= 11 is 6.34. The molecule has 1 atom stereocenters.